The van der Waals surface area contributed by atoms with Crippen molar-refractivity contribution in [3.05, 3.63) is 34.3 Å². The molecular formula is C11H12BrFN4O2S. The molecule has 0 aliphatic heterocycles. The average Bonchev–Trinajstić information content (AvgIpc) is 2.61. The molecular weight excluding hydrogens is 351 g/mol. The lowest BCUT2D eigenvalue weighted by Crippen LogP contribution is -2.15. The summed E-state index contributed by atoms with van der Waals surface area (Å²) >= 11 is 2.93. The Hall–Kier alpha value is -1.61. The molecule has 1 aromatic heterocycles. The maximum atomic E-state index is 13.9. The van der Waals surface area contributed by atoms with Crippen molar-refractivity contribution in [3.8, 4) is 0 Å². The van der Waals surface area contributed by atoms with Crippen molar-refractivity contribution in [3.63, 3.8) is 0 Å². The van der Waals surface area contributed by atoms with Crippen molar-refractivity contribution in [1.82, 2.24) is 9.78 Å². The van der Waals surface area contributed by atoms with E-state index in [4.69, 9.17) is 5.73 Å². The van der Waals surface area contributed by atoms with Crippen LogP contribution in [0.1, 0.15) is 5.69 Å². The summed E-state index contributed by atoms with van der Waals surface area (Å²) in [6.07, 6.45) is 1.49. The number of benzene rings is 1. The Morgan fingerprint density at radius 1 is 1.45 bits per heavy atom. The lowest BCUT2D eigenvalue weighted by atomic mass is 10.3. The van der Waals surface area contributed by atoms with E-state index in [2.05, 4.69) is 25.8 Å². The van der Waals surface area contributed by atoms with Gasteiger partial charge in [-0.15, -0.1) is 0 Å². The lowest BCUT2D eigenvalue weighted by molar-refractivity contribution is 0.567. The van der Waals surface area contributed by atoms with E-state index in [1.54, 1.807) is 14.0 Å². The summed E-state index contributed by atoms with van der Waals surface area (Å²) in [6.45, 7) is 1.64. The number of nitrogens with zero attached hydrogens (tertiary/aromatic N) is 2. The highest BCUT2D eigenvalue weighted by Gasteiger charge is 2.23. The molecule has 20 heavy (non-hydrogen) atoms. The van der Waals surface area contributed by atoms with Crippen molar-refractivity contribution in [1.29, 1.82) is 0 Å². The minimum absolute atomic E-state index is 0.0132. The first kappa shape index (κ1) is 14.8. The van der Waals surface area contributed by atoms with Gasteiger partial charge in [-0.2, -0.15) is 5.10 Å². The third-order valence-electron chi connectivity index (χ3n) is 2.56. The highest BCUT2D eigenvalue weighted by atomic mass is 79.9. The van der Waals surface area contributed by atoms with Crippen molar-refractivity contribution >= 4 is 37.3 Å². The van der Waals surface area contributed by atoms with Gasteiger partial charge in [-0.3, -0.25) is 9.40 Å². The van der Waals surface area contributed by atoms with Crippen LogP contribution in [0.4, 0.5) is 15.8 Å². The summed E-state index contributed by atoms with van der Waals surface area (Å²) in [4.78, 5) is -0.521. The number of sulfonamides is 1. The summed E-state index contributed by atoms with van der Waals surface area (Å²) < 4.78 is 42.1. The zero-order valence-corrected chi connectivity index (χ0v) is 13.1. The van der Waals surface area contributed by atoms with Crippen LogP contribution in [0.5, 0.6) is 0 Å². The molecule has 3 N–H and O–H groups in total. The maximum Gasteiger partial charge on any atom is 0.265 e. The quantitative estimate of drug-likeness (QED) is 0.817. The van der Waals surface area contributed by atoms with Crippen LogP contribution in [0, 0.1) is 12.7 Å². The minimum Gasteiger partial charge on any atom is -0.399 e. The maximum absolute atomic E-state index is 13.9. The predicted molar refractivity (Wildman–Crippen MR) is 77.3 cm³/mol. The number of halogens is 2. The van der Waals surface area contributed by atoms with Gasteiger partial charge in [0.25, 0.3) is 10.0 Å². The van der Waals surface area contributed by atoms with Gasteiger partial charge in [0.1, 0.15) is 4.90 Å². The Kier molecular flexibility index (Phi) is 3.74. The SMILES string of the molecule is Cc1nn(C)cc1NS(=O)(=O)c1cc(N)cc(Br)c1F. The smallest absolute Gasteiger partial charge is 0.265 e. The lowest BCUT2D eigenvalue weighted by Gasteiger charge is -2.09. The van der Waals surface area contributed by atoms with E-state index in [-0.39, 0.29) is 15.8 Å². The van der Waals surface area contributed by atoms with Crippen LogP contribution < -0.4 is 10.5 Å². The number of nitrogens with two attached hydrogens (primary N) is 1. The molecule has 0 atom stereocenters. The monoisotopic (exact) mass is 362 g/mol. The summed E-state index contributed by atoms with van der Waals surface area (Å²) in [5, 5.41) is 4.01. The molecule has 0 saturated carbocycles. The van der Waals surface area contributed by atoms with Crippen molar-refractivity contribution < 1.29 is 12.8 Å². The minimum atomic E-state index is -4.09. The fourth-order valence-electron chi connectivity index (χ4n) is 1.68. The molecule has 0 bridgehead atoms. The van der Waals surface area contributed by atoms with E-state index in [1.165, 1.54) is 16.9 Å². The number of anilines is 2. The summed E-state index contributed by atoms with van der Waals surface area (Å²) in [7, 11) is -2.43. The molecule has 0 amide bonds. The highest BCUT2D eigenvalue weighted by Crippen LogP contribution is 2.28. The van der Waals surface area contributed by atoms with Crippen LogP contribution in [0.15, 0.2) is 27.7 Å². The number of aromatic nitrogens is 2. The van der Waals surface area contributed by atoms with E-state index in [0.717, 1.165) is 6.07 Å². The molecule has 0 radical (unpaired) electrons. The van der Waals surface area contributed by atoms with Crippen LogP contribution in [0.2, 0.25) is 0 Å². The largest absolute Gasteiger partial charge is 0.399 e. The molecule has 0 unspecified atom stereocenters. The van der Waals surface area contributed by atoms with Crippen LogP contribution in [-0.2, 0) is 17.1 Å². The second-order valence-electron chi connectivity index (χ2n) is 4.22. The summed E-state index contributed by atoms with van der Waals surface area (Å²) in [5.74, 6) is -0.895. The number of nitrogens with one attached hydrogen (secondary N) is 1. The van der Waals surface area contributed by atoms with Gasteiger partial charge in [0, 0.05) is 18.9 Å². The molecule has 6 nitrogen and oxygen atoms in total. The number of nitrogen functional groups attached to an aromatic ring is 1. The van der Waals surface area contributed by atoms with E-state index in [0.29, 0.717) is 5.69 Å². The first-order valence-corrected chi connectivity index (χ1v) is 7.76. The van der Waals surface area contributed by atoms with Gasteiger partial charge < -0.3 is 5.73 Å². The summed E-state index contributed by atoms with van der Waals surface area (Å²) in [5.41, 5.74) is 6.46. The molecule has 0 aliphatic carbocycles. The molecule has 0 saturated heterocycles. The van der Waals surface area contributed by atoms with Gasteiger partial charge in [-0.05, 0) is 35.0 Å². The third-order valence-corrected chi connectivity index (χ3v) is 4.51. The molecule has 2 aromatic rings. The van der Waals surface area contributed by atoms with Crippen LogP contribution >= 0.6 is 15.9 Å². The second kappa shape index (κ2) is 5.06. The fourth-order valence-corrected chi connectivity index (χ4v) is 3.53. The standard InChI is InChI=1S/C11H12BrFN4O2S/c1-6-9(5-17(2)15-6)16-20(18,19)10-4-7(14)3-8(12)11(10)13/h3-5,16H,14H2,1-2H3. The van der Waals surface area contributed by atoms with Crippen molar-refractivity contribution in [2.75, 3.05) is 10.5 Å². The van der Waals surface area contributed by atoms with Gasteiger partial charge >= 0.3 is 0 Å². The molecule has 108 valence electrons. The number of hydrogen-bond acceptors (Lipinski definition) is 4. The zero-order chi connectivity index (χ0) is 15.1. The molecule has 0 fully saturated rings. The van der Waals surface area contributed by atoms with Crippen LogP contribution in [0.25, 0.3) is 0 Å². The highest BCUT2D eigenvalue weighted by molar-refractivity contribution is 9.10. The predicted octanol–water partition coefficient (Wildman–Crippen LogP) is 2.01. The van der Waals surface area contributed by atoms with Crippen molar-refractivity contribution in [2.45, 2.75) is 11.8 Å². The van der Waals surface area contributed by atoms with Crippen LogP contribution in [0.3, 0.4) is 0 Å². The Labute approximate surface area is 124 Å². The average molecular weight is 363 g/mol. The molecule has 0 aliphatic rings. The van der Waals surface area contributed by atoms with E-state index in [1.807, 2.05) is 0 Å². The number of hydrogen-bond donors (Lipinski definition) is 2. The summed E-state index contributed by atoms with van der Waals surface area (Å²) in [6, 6.07) is 2.36. The van der Waals surface area contributed by atoms with Gasteiger partial charge in [0.15, 0.2) is 5.82 Å². The Morgan fingerprint density at radius 2 is 2.10 bits per heavy atom. The van der Waals surface area contributed by atoms with Gasteiger partial charge in [-0.25, -0.2) is 12.8 Å². The third kappa shape index (κ3) is 2.78. The molecule has 1 aromatic carbocycles. The Morgan fingerprint density at radius 3 is 2.65 bits per heavy atom. The van der Waals surface area contributed by atoms with E-state index >= 15 is 0 Å². The normalized spacial score (nSPS) is 11.6. The Balaban J connectivity index is 2.49. The first-order valence-electron chi connectivity index (χ1n) is 5.48. The Bertz CT molecular complexity index is 773. The van der Waals surface area contributed by atoms with Gasteiger partial charge in [0.2, 0.25) is 0 Å². The number of aryl methyl sites for hydroxylation is 2. The van der Waals surface area contributed by atoms with Gasteiger partial charge in [0.05, 0.1) is 15.9 Å². The van der Waals surface area contributed by atoms with E-state index in [9.17, 15) is 12.8 Å². The van der Waals surface area contributed by atoms with E-state index < -0.39 is 20.7 Å². The second-order valence-corrected chi connectivity index (χ2v) is 6.73. The first-order chi connectivity index (χ1) is 9.20. The van der Waals surface area contributed by atoms with Crippen LogP contribution in [-0.4, -0.2) is 18.2 Å². The fraction of sp³-hybridized carbons (Fsp3) is 0.182. The van der Waals surface area contributed by atoms with Gasteiger partial charge in [-0.1, -0.05) is 0 Å². The molecule has 2 rings (SSSR count). The van der Waals surface area contributed by atoms with Crippen molar-refractivity contribution in [2.24, 2.45) is 7.05 Å². The molecule has 9 heteroatoms. The molecule has 1 heterocycles. The topological polar surface area (TPSA) is 90.0 Å². The molecule has 0 spiro atoms. The zero-order valence-electron chi connectivity index (χ0n) is 10.7. The number of rotatable bonds is 3.